The van der Waals surface area contributed by atoms with Crippen molar-refractivity contribution in [3.8, 4) is 5.69 Å². The number of halogens is 1. The molecule has 0 radical (unpaired) electrons. The fraction of sp³-hybridized carbons (Fsp3) is 0.0625. The van der Waals surface area contributed by atoms with Crippen molar-refractivity contribution in [1.29, 1.82) is 0 Å². The molecular weight excluding hydrogens is 344 g/mol. The van der Waals surface area contributed by atoms with Crippen LogP contribution < -0.4 is 5.32 Å². The number of carbonyl (C=O) groups is 1. The summed E-state index contributed by atoms with van der Waals surface area (Å²) in [6, 6.07) is 16.9. The van der Waals surface area contributed by atoms with Gasteiger partial charge in [0.25, 0.3) is 5.91 Å². The lowest BCUT2D eigenvalue weighted by Crippen LogP contribution is -2.14. The molecule has 6 heteroatoms. The van der Waals surface area contributed by atoms with Crippen LogP contribution in [0.5, 0.6) is 0 Å². The van der Waals surface area contributed by atoms with Crippen molar-refractivity contribution in [2.75, 3.05) is 5.32 Å². The molecule has 0 bridgehead atoms. The quantitative estimate of drug-likeness (QED) is 0.779. The molecule has 1 aromatic heterocycles. The zero-order valence-corrected chi connectivity index (χ0v) is 13.4. The van der Waals surface area contributed by atoms with Gasteiger partial charge in [-0.1, -0.05) is 39.3 Å². The molecule has 0 spiro atoms. The fourth-order valence-corrected chi connectivity index (χ4v) is 2.34. The third-order valence-corrected chi connectivity index (χ3v) is 3.74. The number of carbonyl (C=O) groups excluding carboxylic acids is 1. The lowest BCUT2D eigenvalue weighted by atomic mass is 10.2. The van der Waals surface area contributed by atoms with E-state index in [4.69, 9.17) is 0 Å². The molecule has 5 nitrogen and oxygen atoms in total. The van der Waals surface area contributed by atoms with E-state index < -0.39 is 0 Å². The van der Waals surface area contributed by atoms with Gasteiger partial charge < -0.3 is 5.32 Å². The number of aromatic nitrogens is 3. The highest BCUT2D eigenvalue weighted by atomic mass is 79.9. The molecule has 1 N–H and O–H groups in total. The molecule has 0 saturated heterocycles. The molecule has 0 fully saturated rings. The number of para-hydroxylation sites is 1. The summed E-state index contributed by atoms with van der Waals surface area (Å²) in [5.74, 6) is -0.271. The molecule has 0 aliphatic heterocycles. The van der Waals surface area contributed by atoms with Gasteiger partial charge in [-0.15, -0.1) is 5.10 Å². The summed E-state index contributed by atoms with van der Waals surface area (Å²) in [6.07, 6.45) is 0. The largest absolute Gasteiger partial charge is 0.321 e. The van der Waals surface area contributed by atoms with Crippen molar-refractivity contribution in [2.45, 2.75) is 6.92 Å². The van der Waals surface area contributed by atoms with Crippen molar-refractivity contribution in [2.24, 2.45) is 0 Å². The molecule has 0 atom stereocenters. The van der Waals surface area contributed by atoms with Gasteiger partial charge in [-0.05, 0) is 43.3 Å². The van der Waals surface area contributed by atoms with Crippen LogP contribution in [0.25, 0.3) is 5.69 Å². The molecule has 0 aliphatic rings. The molecule has 3 rings (SSSR count). The average molecular weight is 357 g/mol. The average Bonchev–Trinajstić information content (AvgIpc) is 2.91. The van der Waals surface area contributed by atoms with E-state index in [0.29, 0.717) is 11.4 Å². The lowest BCUT2D eigenvalue weighted by Gasteiger charge is -2.05. The molecule has 0 saturated carbocycles. The minimum atomic E-state index is -0.271. The van der Waals surface area contributed by atoms with Crippen molar-refractivity contribution in [3.63, 3.8) is 0 Å². The fourth-order valence-electron chi connectivity index (χ4n) is 2.08. The number of amides is 1. The van der Waals surface area contributed by atoms with E-state index in [1.165, 1.54) is 0 Å². The standard InChI is InChI=1S/C16H13BrN4O/c1-11-15(16(22)18-13-5-3-2-4-6-13)19-20-21(11)14-9-7-12(17)8-10-14/h2-10H,1H3,(H,18,22). The second-order valence-electron chi connectivity index (χ2n) is 4.73. The summed E-state index contributed by atoms with van der Waals surface area (Å²) in [6.45, 7) is 1.82. The van der Waals surface area contributed by atoms with Crippen molar-refractivity contribution < 1.29 is 4.79 Å². The lowest BCUT2D eigenvalue weighted by molar-refractivity contribution is 0.102. The van der Waals surface area contributed by atoms with Gasteiger partial charge in [0.1, 0.15) is 0 Å². The topological polar surface area (TPSA) is 59.8 Å². The van der Waals surface area contributed by atoms with E-state index in [1.807, 2.05) is 61.5 Å². The van der Waals surface area contributed by atoms with E-state index in [0.717, 1.165) is 15.8 Å². The SMILES string of the molecule is Cc1c(C(=O)Nc2ccccc2)nnn1-c1ccc(Br)cc1. The zero-order chi connectivity index (χ0) is 15.5. The Bertz CT molecular complexity index is 797. The van der Waals surface area contributed by atoms with Crippen molar-refractivity contribution in [1.82, 2.24) is 15.0 Å². The van der Waals surface area contributed by atoms with Crippen LogP contribution in [0.2, 0.25) is 0 Å². The first-order chi connectivity index (χ1) is 10.6. The third-order valence-electron chi connectivity index (χ3n) is 3.21. The second kappa shape index (κ2) is 6.11. The zero-order valence-electron chi connectivity index (χ0n) is 11.8. The van der Waals surface area contributed by atoms with Crippen LogP contribution in [0.1, 0.15) is 16.2 Å². The summed E-state index contributed by atoms with van der Waals surface area (Å²) in [4.78, 5) is 12.3. The molecule has 2 aromatic carbocycles. The summed E-state index contributed by atoms with van der Waals surface area (Å²) < 4.78 is 2.63. The van der Waals surface area contributed by atoms with Crippen LogP contribution in [0.15, 0.2) is 59.1 Å². The predicted octanol–water partition coefficient (Wildman–Crippen LogP) is 3.59. The maximum Gasteiger partial charge on any atom is 0.278 e. The number of benzene rings is 2. The van der Waals surface area contributed by atoms with Gasteiger partial charge in [-0.2, -0.15) is 0 Å². The number of anilines is 1. The normalized spacial score (nSPS) is 10.5. The Balaban J connectivity index is 1.87. The Hall–Kier alpha value is -2.47. The van der Waals surface area contributed by atoms with Gasteiger partial charge in [-0.3, -0.25) is 4.79 Å². The van der Waals surface area contributed by atoms with E-state index in [-0.39, 0.29) is 5.91 Å². The maximum absolute atomic E-state index is 12.3. The van der Waals surface area contributed by atoms with Gasteiger partial charge in [0.2, 0.25) is 0 Å². The van der Waals surface area contributed by atoms with Crippen LogP contribution in [0.3, 0.4) is 0 Å². The molecule has 3 aromatic rings. The Kier molecular flexibility index (Phi) is 4.02. The number of nitrogens with one attached hydrogen (secondary N) is 1. The summed E-state index contributed by atoms with van der Waals surface area (Å²) in [5, 5.41) is 10.9. The van der Waals surface area contributed by atoms with Gasteiger partial charge in [0.15, 0.2) is 5.69 Å². The Labute approximate surface area is 136 Å². The van der Waals surface area contributed by atoms with Crippen LogP contribution in [-0.2, 0) is 0 Å². The minimum Gasteiger partial charge on any atom is -0.321 e. The Morgan fingerprint density at radius 2 is 1.77 bits per heavy atom. The number of hydrogen-bond acceptors (Lipinski definition) is 3. The van der Waals surface area contributed by atoms with Crippen LogP contribution in [0.4, 0.5) is 5.69 Å². The summed E-state index contributed by atoms with van der Waals surface area (Å²) in [7, 11) is 0. The Morgan fingerprint density at radius 1 is 1.09 bits per heavy atom. The van der Waals surface area contributed by atoms with Gasteiger partial charge in [-0.25, -0.2) is 4.68 Å². The van der Waals surface area contributed by atoms with Crippen LogP contribution in [-0.4, -0.2) is 20.9 Å². The molecule has 0 unspecified atom stereocenters. The Morgan fingerprint density at radius 3 is 2.45 bits per heavy atom. The highest BCUT2D eigenvalue weighted by molar-refractivity contribution is 9.10. The first-order valence-electron chi connectivity index (χ1n) is 6.70. The molecule has 110 valence electrons. The molecule has 22 heavy (non-hydrogen) atoms. The first kappa shape index (κ1) is 14.5. The van der Waals surface area contributed by atoms with E-state index >= 15 is 0 Å². The highest BCUT2D eigenvalue weighted by Crippen LogP contribution is 2.17. The van der Waals surface area contributed by atoms with Crippen molar-refractivity contribution >= 4 is 27.5 Å². The van der Waals surface area contributed by atoms with Gasteiger partial charge in [0, 0.05) is 10.2 Å². The molecular formula is C16H13BrN4O. The monoisotopic (exact) mass is 356 g/mol. The van der Waals surface area contributed by atoms with Gasteiger partial charge in [0.05, 0.1) is 11.4 Å². The number of hydrogen-bond donors (Lipinski definition) is 1. The molecule has 0 aliphatic carbocycles. The molecule has 1 heterocycles. The third kappa shape index (κ3) is 2.92. The van der Waals surface area contributed by atoms with Crippen LogP contribution >= 0.6 is 15.9 Å². The van der Waals surface area contributed by atoms with Crippen LogP contribution in [0, 0.1) is 6.92 Å². The summed E-state index contributed by atoms with van der Waals surface area (Å²) in [5.41, 5.74) is 2.58. The smallest absolute Gasteiger partial charge is 0.278 e. The van der Waals surface area contributed by atoms with E-state index in [1.54, 1.807) is 4.68 Å². The van der Waals surface area contributed by atoms with E-state index in [2.05, 4.69) is 31.6 Å². The predicted molar refractivity (Wildman–Crippen MR) is 88.2 cm³/mol. The molecule has 1 amide bonds. The maximum atomic E-state index is 12.3. The minimum absolute atomic E-state index is 0.271. The number of nitrogens with zero attached hydrogens (tertiary/aromatic N) is 3. The summed E-state index contributed by atoms with van der Waals surface area (Å²) >= 11 is 3.39. The van der Waals surface area contributed by atoms with E-state index in [9.17, 15) is 4.79 Å². The second-order valence-corrected chi connectivity index (χ2v) is 5.65. The van der Waals surface area contributed by atoms with Crippen molar-refractivity contribution in [3.05, 3.63) is 70.5 Å². The number of rotatable bonds is 3. The van der Waals surface area contributed by atoms with Gasteiger partial charge >= 0.3 is 0 Å². The first-order valence-corrected chi connectivity index (χ1v) is 7.49. The highest BCUT2D eigenvalue weighted by Gasteiger charge is 2.17.